The van der Waals surface area contributed by atoms with Crippen LogP contribution in [-0.2, 0) is 14.6 Å². The van der Waals surface area contributed by atoms with Gasteiger partial charge in [0, 0.05) is 43.5 Å². The first-order chi connectivity index (χ1) is 12.9. The molecule has 6 nitrogen and oxygen atoms in total. The largest absolute Gasteiger partial charge is 0.342 e. The van der Waals surface area contributed by atoms with Gasteiger partial charge in [-0.2, -0.15) is 0 Å². The Hall–Kier alpha value is -2.35. The number of aromatic nitrogens is 2. The molecule has 1 aromatic heterocycles. The van der Waals surface area contributed by atoms with Crippen molar-refractivity contribution in [3.63, 3.8) is 0 Å². The summed E-state index contributed by atoms with van der Waals surface area (Å²) in [6, 6.07) is 4.68. The van der Waals surface area contributed by atoms with Gasteiger partial charge >= 0.3 is 0 Å². The van der Waals surface area contributed by atoms with Crippen LogP contribution in [0.3, 0.4) is 0 Å². The number of halogens is 1. The van der Waals surface area contributed by atoms with E-state index >= 15 is 0 Å². The van der Waals surface area contributed by atoms with Gasteiger partial charge in [-0.25, -0.2) is 12.8 Å². The topological polar surface area (TPSA) is 80.2 Å². The first-order valence-corrected chi connectivity index (χ1v) is 10.5. The van der Waals surface area contributed by atoms with Crippen LogP contribution >= 0.6 is 0 Å². The zero-order valence-electron chi connectivity index (χ0n) is 15.1. The molecule has 0 N–H and O–H groups in total. The van der Waals surface area contributed by atoms with Gasteiger partial charge in [-0.3, -0.25) is 14.8 Å². The summed E-state index contributed by atoms with van der Waals surface area (Å²) in [5.74, 6) is -1.35. The Balaban J connectivity index is 1.59. The lowest BCUT2D eigenvalue weighted by atomic mass is 9.93. The molecule has 0 aliphatic carbocycles. The molecule has 1 atom stereocenters. The van der Waals surface area contributed by atoms with Crippen LogP contribution < -0.4 is 0 Å². The Morgan fingerprint density at radius 1 is 1.22 bits per heavy atom. The Labute approximate surface area is 158 Å². The normalized spacial score (nSPS) is 16.9. The van der Waals surface area contributed by atoms with E-state index in [9.17, 15) is 17.6 Å². The molecule has 1 aromatic carbocycles. The number of benzene rings is 1. The van der Waals surface area contributed by atoms with Crippen LogP contribution in [0.15, 0.2) is 47.8 Å². The van der Waals surface area contributed by atoms with E-state index in [1.165, 1.54) is 12.1 Å². The van der Waals surface area contributed by atoms with Gasteiger partial charge in [-0.05, 0) is 37.1 Å². The van der Waals surface area contributed by atoms with Crippen LogP contribution in [-0.4, -0.2) is 48.0 Å². The Morgan fingerprint density at radius 3 is 2.48 bits per heavy atom. The maximum absolute atomic E-state index is 13.0. The van der Waals surface area contributed by atoms with Gasteiger partial charge in [0.05, 0.1) is 16.3 Å². The number of nitrogens with zero attached hydrogens (tertiary/aromatic N) is 3. The van der Waals surface area contributed by atoms with Crippen molar-refractivity contribution in [1.29, 1.82) is 0 Å². The molecule has 8 heteroatoms. The maximum atomic E-state index is 13.0. The highest BCUT2D eigenvalue weighted by atomic mass is 32.2. The number of sulfone groups is 1. The zero-order valence-corrected chi connectivity index (χ0v) is 15.9. The van der Waals surface area contributed by atoms with E-state index < -0.39 is 21.6 Å². The van der Waals surface area contributed by atoms with Crippen molar-refractivity contribution in [2.75, 3.05) is 18.8 Å². The van der Waals surface area contributed by atoms with Gasteiger partial charge in [-0.1, -0.05) is 6.92 Å². The molecular formula is C19H22FN3O3S. The molecule has 144 valence electrons. The van der Waals surface area contributed by atoms with Gasteiger partial charge in [0.15, 0.2) is 9.84 Å². The number of hydrogen-bond donors (Lipinski definition) is 0. The average molecular weight is 391 g/mol. The third-order valence-corrected chi connectivity index (χ3v) is 6.80. The molecule has 0 spiro atoms. The van der Waals surface area contributed by atoms with Gasteiger partial charge in [0.2, 0.25) is 5.91 Å². The number of likely N-dealkylation sites (tertiary alicyclic amines) is 1. The molecule has 1 saturated heterocycles. The molecule has 0 saturated carbocycles. The van der Waals surface area contributed by atoms with Crippen LogP contribution in [0.1, 0.15) is 31.4 Å². The number of carbonyl (C=O) groups is 1. The fourth-order valence-electron chi connectivity index (χ4n) is 3.37. The minimum absolute atomic E-state index is 0.0323. The van der Waals surface area contributed by atoms with E-state index in [0.29, 0.717) is 13.1 Å². The minimum Gasteiger partial charge on any atom is -0.342 e. The summed E-state index contributed by atoms with van der Waals surface area (Å²) in [5.41, 5.74) is 0.927. The summed E-state index contributed by atoms with van der Waals surface area (Å²) >= 11 is 0. The molecular weight excluding hydrogens is 369 g/mol. The summed E-state index contributed by atoms with van der Waals surface area (Å²) in [4.78, 5) is 22.8. The smallest absolute Gasteiger partial charge is 0.226 e. The highest BCUT2D eigenvalue weighted by Crippen LogP contribution is 2.27. The zero-order chi connectivity index (χ0) is 19.4. The molecule has 3 rings (SSSR count). The predicted octanol–water partition coefficient (Wildman–Crippen LogP) is 2.43. The molecule has 0 radical (unpaired) electrons. The van der Waals surface area contributed by atoms with Gasteiger partial charge in [0.1, 0.15) is 5.82 Å². The second-order valence-corrected chi connectivity index (χ2v) is 8.90. The van der Waals surface area contributed by atoms with Gasteiger partial charge in [0.25, 0.3) is 0 Å². The summed E-state index contributed by atoms with van der Waals surface area (Å²) in [6.07, 6.45) is 6.60. The molecule has 1 amide bonds. The Kier molecular flexibility index (Phi) is 5.84. The van der Waals surface area contributed by atoms with Crippen LogP contribution in [0.5, 0.6) is 0 Å². The highest BCUT2D eigenvalue weighted by Gasteiger charge is 2.30. The van der Waals surface area contributed by atoms with E-state index in [4.69, 9.17) is 0 Å². The fourth-order valence-corrected chi connectivity index (χ4v) is 4.91. The standard InChI is InChI=1S/C19H22FN3O3S/c1-14(13-27(25,26)17-4-2-16(20)3-5-17)19(24)23-10-6-15(7-11-23)18-12-21-8-9-22-18/h2-5,8-9,12,14-15H,6-7,10-11,13H2,1H3/t14-/m1/s1. The van der Waals surface area contributed by atoms with E-state index in [-0.39, 0.29) is 22.5 Å². The lowest BCUT2D eigenvalue weighted by Gasteiger charge is -2.33. The van der Waals surface area contributed by atoms with Crippen LogP contribution in [0, 0.1) is 11.7 Å². The van der Waals surface area contributed by atoms with Crippen molar-refractivity contribution in [3.05, 3.63) is 54.4 Å². The fraction of sp³-hybridized carbons (Fsp3) is 0.421. The van der Waals surface area contributed by atoms with Crippen molar-refractivity contribution in [2.24, 2.45) is 5.92 Å². The van der Waals surface area contributed by atoms with Crippen LogP contribution in [0.25, 0.3) is 0 Å². The summed E-state index contributed by atoms with van der Waals surface area (Å²) in [6.45, 7) is 2.76. The summed E-state index contributed by atoms with van der Waals surface area (Å²) < 4.78 is 37.9. The number of amides is 1. The van der Waals surface area contributed by atoms with Crippen molar-refractivity contribution in [2.45, 2.75) is 30.6 Å². The lowest BCUT2D eigenvalue weighted by molar-refractivity contribution is -0.135. The van der Waals surface area contributed by atoms with Crippen molar-refractivity contribution >= 4 is 15.7 Å². The predicted molar refractivity (Wildman–Crippen MR) is 98.2 cm³/mol. The second-order valence-electron chi connectivity index (χ2n) is 6.87. The molecule has 0 bridgehead atoms. The van der Waals surface area contributed by atoms with Crippen molar-refractivity contribution in [1.82, 2.24) is 14.9 Å². The third-order valence-electron chi connectivity index (χ3n) is 4.87. The van der Waals surface area contributed by atoms with E-state index in [1.54, 1.807) is 30.4 Å². The van der Waals surface area contributed by atoms with Crippen molar-refractivity contribution < 1.29 is 17.6 Å². The average Bonchev–Trinajstić information content (AvgIpc) is 2.68. The van der Waals surface area contributed by atoms with Crippen molar-refractivity contribution in [3.8, 4) is 0 Å². The molecule has 1 aliphatic heterocycles. The van der Waals surface area contributed by atoms with E-state index in [1.807, 2.05) is 0 Å². The Morgan fingerprint density at radius 2 is 1.89 bits per heavy atom. The minimum atomic E-state index is -3.65. The molecule has 2 aromatic rings. The van der Waals surface area contributed by atoms with Gasteiger partial charge < -0.3 is 4.90 Å². The Bertz CT molecular complexity index is 880. The monoisotopic (exact) mass is 391 g/mol. The SMILES string of the molecule is C[C@H](CS(=O)(=O)c1ccc(F)cc1)C(=O)N1CCC(c2cnccn2)CC1. The molecule has 27 heavy (non-hydrogen) atoms. The van der Waals surface area contributed by atoms with Gasteiger partial charge in [-0.15, -0.1) is 0 Å². The summed E-state index contributed by atoms with van der Waals surface area (Å²) in [5, 5.41) is 0. The van der Waals surface area contributed by atoms with E-state index in [2.05, 4.69) is 9.97 Å². The second kappa shape index (κ2) is 8.12. The number of carbonyl (C=O) groups excluding carboxylic acids is 1. The summed E-state index contributed by atoms with van der Waals surface area (Å²) in [7, 11) is -3.65. The molecule has 2 heterocycles. The van der Waals surface area contributed by atoms with Crippen LogP contribution in [0.4, 0.5) is 4.39 Å². The first kappa shape index (κ1) is 19.4. The van der Waals surface area contributed by atoms with E-state index in [0.717, 1.165) is 30.7 Å². The quantitative estimate of drug-likeness (QED) is 0.732. The first-order valence-electron chi connectivity index (χ1n) is 8.90. The third kappa shape index (κ3) is 4.68. The highest BCUT2D eigenvalue weighted by molar-refractivity contribution is 7.91. The van der Waals surface area contributed by atoms with Crippen LogP contribution in [0.2, 0.25) is 0 Å². The molecule has 0 unspecified atom stereocenters. The number of rotatable bonds is 5. The molecule has 1 fully saturated rings. The number of piperidine rings is 1. The number of hydrogen-bond acceptors (Lipinski definition) is 5. The molecule has 1 aliphatic rings. The lowest BCUT2D eigenvalue weighted by Crippen LogP contribution is -2.42. The maximum Gasteiger partial charge on any atom is 0.226 e.